The van der Waals surface area contributed by atoms with Crippen molar-refractivity contribution < 1.29 is 19.7 Å². The molecule has 0 bridgehead atoms. The molecule has 1 aromatic carbocycles. The van der Waals surface area contributed by atoms with E-state index in [1.54, 1.807) is 12.1 Å². The van der Waals surface area contributed by atoms with E-state index in [-0.39, 0.29) is 24.2 Å². The fourth-order valence-corrected chi connectivity index (χ4v) is 3.89. The number of benzene rings is 1. The van der Waals surface area contributed by atoms with Gasteiger partial charge in [-0.1, -0.05) is 12.1 Å². The maximum absolute atomic E-state index is 11.5. The first-order valence-electron chi connectivity index (χ1n) is 9.06. The van der Waals surface area contributed by atoms with Crippen LogP contribution in [0.2, 0.25) is 0 Å². The second-order valence-electron chi connectivity index (χ2n) is 7.11. The predicted molar refractivity (Wildman–Crippen MR) is 94.3 cm³/mol. The van der Waals surface area contributed by atoms with Crippen molar-refractivity contribution in [2.75, 3.05) is 33.3 Å². The molecule has 1 aromatic rings. The number of nitrogens with zero attached hydrogens (tertiary/aromatic N) is 2. The van der Waals surface area contributed by atoms with E-state index in [0.29, 0.717) is 12.1 Å². The zero-order valence-electron chi connectivity index (χ0n) is 14.8. The van der Waals surface area contributed by atoms with Crippen LogP contribution in [0.4, 0.5) is 0 Å². The lowest BCUT2D eigenvalue weighted by atomic mass is 9.96. The highest BCUT2D eigenvalue weighted by molar-refractivity contribution is 5.89. The molecule has 2 aliphatic rings. The van der Waals surface area contributed by atoms with E-state index in [2.05, 4.69) is 9.80 Å². The first-order chi connectivity index (χ1) is 12.1. The van der Waals surface area contributed by atoms with Gasteiger partial charge < -0.3 is 14.9 Å². The molecule has 0 aliphatic carbocycles. The van der Waals surface area contributed by atoms with Gasteiger partial charge in [-0.15, -0.1) is 0 Å². The largest absolute Gasteiger partial charge is 0.465 e. The Morgan fingerprint density at radius 1 is 1.12 bits per heavy atom. The van der Waals surface area contributed by atoms with Gasteiger partial charge in [-0.2, -0.15) is 0 Å². The number of carbonyl (C=O) groups excluding carboxylic acids is 1. The fourth-order valence-electron chi connectivity index (χ4n) is 3.89. The van der Waals surface area contributed by atoms with E-state index in [0.717, 1.165) is 51.0 Å². The van der Waals surface area contributed by atoms with Gasteiger partial charge in [-0.05, 0) is 37.0 Å². The first-order valence-corrected chi connectivity index (χ1v) is 9.06. The van der Waals surface area contributed by atoms with Crippen molar-refractivity contribution in [2.45, 2.75) is 44.1 Å². The monoisotopic (exact) mass is 348 g/mol. The van der Waals surface area contributed by atoms with Gasteiger partial charge in [0.25, 0.3) is 0 Å². The van der Waals surface area contributed by atoms with Crippen LogP contribution >= 0.6 is 0 Å². The molecule has 0 aromatic heterocycles. The van der Waals surface area contributed by atoms with Crippen LogP contribution in [-0.4, -0.2) is 77.5 Å². The van der Waals surface area contributed by atoms with Crippen LogP contribution in [0.15, 0.2) is 24.3 Å². The Balaban J connectivity index is 1.52. The smallest absolute Gasteiger partial charge is 0.337 e. The number of β-amino-alcohol motifs (C(OH)–C–C–N with tert-alkyl or cyclic N) is 1. The van der Waals surface area contributed by atoms with Gasteiger partial charge in [0.2, 0.25) is 0 Å². The number of rotatable bonds is 4. The summed E-state index contributed by atoms with van der Waals surface area (Å²) >= 11 is 0. The SMILES string of the molecule is COC(=O)c1ccc(CN2CC[C@@H](N3CCC(O)CC3)[C@H](O)C2)cc1. The summed E-state index contributed by atoms with van der Waals surface area (Å²) in [6, 6.07) is 7.64. The number of hydrogen-bond acceptors (Lipinski definition) is 6. The maximum atomic E-state index is 11.5. The average molecular weight is 348 g/mol. The molecule has 2 saturated heterocycles. The van der Waals surface area contributed by atoms with E-state index in [1.807, 2.05) is 12.1 Å². The van der Waals surface area contributed by atoms with Crippen molar-refractivity contribution in [1.82, 2.24) is 9.80 Å². The van der Waals surface area contributed by atoms with Crippen LogP contribution in [0.3, 0.4) is 0 Å². The molecular weight excluding hydrogens is 320 g/mol. The molecule has 25 heavy (non-hydrogen) atoms. The summed E-state index contributed by atoms with van der Waals surface area (Å²) in [6.07, 6.45) is 2.01. The average Bonchev–Trinajstić information content (AvgIpc) is 2.63. The molecule has 6 nitrogen and oxygen atoms in total. The van der Waals surface area contributed by atoms with Gasteiger partial charge in [0.1, 0.15) is 0 Å². The summed E-state index contributed by atoms with van der Waals surface area (Å²) in [7, 11) is 1.38. The lowest BCUT2D eigenvalue weighted by Crippen LogP contribution is -2.55. The van der Waals surface area contributed by atoms with Gasteiger partial charge >= 0.3 is 5.97 Å². The van der Waals surface area contributed by atoms with E-state index in [4.69, 9.17) is 4.74 Å². The van der Waals surface area contributed by atoms with Gasteiger partial charge in [-0.3, -0.25) is 9.80 Å². The summed E-state index contributed by atoms with van der Waals surface area (Å²) in [5.74, 6) is -0.325. The highest BCUT2D eigenvalue weighted by Gasteiger charge is 2.33. The number of ether oxygens (including phenoxy) is 1. The number of carbonyl (C=O) groups is 1. The number of hydrogen-bond donors (Lipinski definition) is 2. The molecule has 2 atom stereocenters. The molecule has 3 rings (SSSR count). The zero-order chi connectivity index (χ0) is 17.8. The van der Waals surface area contributed by atoms with Crippen molar-refractivity contribution in [1.29, 1.82) is 0 Å². The Kier molecular flexibility index (Phi) is 6.06. The number of likely N-dealkylation sites (tertiary alicyclic amines) is 2. The fraction of sp³-hybridized carbons (Fsp3) is 0.632. The molecule has 0 spiro atoms. The van der Waals surface area contributed by atoms with Crippen LogP contribution in [0.5, 0.6) is 0 Å². The lowest BCUT2D eigenvalue weighted by Gasteiger charge is -2.43. The lowest BCUT2D eigenvalue weighted by molar-refractivity contribution is -0.0355. The minimum Gasteiger partial charge on any atom is -0.465 e. The molecule has 0 unspecified atom stereocenters. The first kappa shape index (κ1) is 18.3. The second-order valence-corrected chi connectivity index (χ2v) is 7.11. The van der Waals surface area contributed by atoms with Crippen LogP contribution in [-0.2, 0) is 11.3 Å². The molecule has 2 heterocycles. The number of aliphatic hydroxyl groups excluding tert-OH is 2. The topological polar surface area (TPSA) is 73.2 Å². The van der Waals surface area contributed by atoms with E-state index in [1.165, 1.54) is 7.11 Å². The van der Waals surface area contributed by atoms with Crippen LogP contribution < -0.4 is 0 Å². The zero-order valence-corrected chi connectivity index (χ0v) is 14.8. The molecule has 6 heteroatoms. The Hall–Kier alpha value is -1.47. The summed E-state index contributed by atoms with van der Waals surface area (Å²) in [4.78, 5) is 16.1. The Morgan fingerprint density at radius 2 is 1.80 bits per heavy atom. The second kappa shape index (κ2) is 8.27. The quantitative estimate of drug-likeness (QED) is 0.787. The standard InChI is InChI=1S/C19H28N2O4/c1-25-19(24)15-4-2-14(3-5-15)12-20-9-8-17(18(23)13-20)21-10-6-16(22)7-11-21/h2-5,16-18,22-23H,6-13H2,1H3/t17-,18-/m1/s1. The van der Waals surface area contributed by atoms with Crippen LogP contribution in [0.1, 0.15) is 35.2 Å². The summed E-state index contributed by atoms with van der Waals surface area (Å²) in [6.45, 7) is 4.11. The van der Waals surface area contributed by atoms with Crippen molar-refractivity contribution in [3.63, 3.8) is 0 Å². The third kappa shape index (κ3) is 4.58. The Bertz CT molecular complexity index is 569. The van der Waals surface area contributed by atoms with Crippen molar-refractivity contribution in [3.05, 3.63) is 35.4 Å². The highest BCUT2D eigenvalue weighted by atomic mass is 16.5. The van der Waals surface area contributed by atoms with Gasteiger partial charge in [0.05, 0.1) is 24.9 Å². The molecular formula is C19H28N2O4. The number of piperidine rings is 2. The van der Waals surface area contributed by atoms with E-state index < -0.39 is 0 Å². The highest BCUT2D eigenvalue weighted by Crippen LogP contribution is 2.22. The van der Waals surface area contributed by atoms with Crippen molar-refractivity contribution in [2.24, 2.45) is 0 Å². The van der Waals surface area contributed by atoms with Crippen LogP contribution in [0.25, 0.3) is 0 Å². The molecule has 0 radical (unpaired) electrons. The molecule has 2 N–H and O–H groups in total. The number of methoxy groups -OCH3 is 1. The summed E-state index contributed by atoms with van der Waals surface area (Å²) < 4.78 is 4.71. The third-order valence-electron chi connectivity index (χ3n) is 5.38. The molecule has 0 amide bonds. The normalized spacial score (nSPS) is 26.5. The van der Waals surface area contributed by atoms with Crippen molar-refractivity contribution in [3.8, 4) is 0 Å². The van der Waals surface area contributed by atoms with Crippen molar-refractivity contribution >= 4 is 5.97 Å². The molecule has 138 valence electrons. The van der Waals surface area contributed by atoms with Gasteiger partial charge in [-0.25, -0.2) is 4.79 Å². The number of esters is 1. The van der Waals surface area contributed by atoms with Gasteiger partial charge in [0, 0.05) is 38.8 Å². The van der Waals surface area contributed by atoms with Gasteiger partial charge in [0.15, 0.2) is 0 Å². The maximum Gasteiger partial charge on any atom is 0.337 e. The summed E-state index contributed by atoms with van der Waals surface area (Å²) in [5, 5.41) is 20.2. The molecule has 2 aliphatic heterocycles. The summed E-state index contributed by atoms with van der Waals surface area (Å²) in [5.41, 5.74) is 1.68. The predicted octanol–water partition coefficient (Wildman–Crippen LogP) is 0.865. The minimum atomic E-state index is -0.363. The van der Waals surface area contributed by atoms with E-state index in [9.17, 15) is 15.0 Å². The molecule has 2 fully saturated rings. The van der Waals surface area contributed by atoms with E-state index >= 15 is 0 Å². The Labute approximate surface area is 149 Å². The van der Waals surface area contributed by atoms with Crippen LogP contribution in [0, 0.1) is 0 Å². The molecule has 0 saturated carbocycles. The Morgan fingerprint density at radius 3 is 2.40 bits per heavy atom. The minimum absolute atomic E-state index is 0.179. The third-order valence-corrected chi connectivity index (χ3v) is 5.38. The number of aliphatic hydroxyl groups is 2.